The topological polar surface area (TPSA) is 94.6 Å². The van der Waals surface area contributed by atoms with Gasteiger partial charge in [0, 0.05) is 30.3 Å². The SMILES string of the molecule is N=C(N)N1C[C@H]2CSC(NC(=O)c3ccccc3)=N[C@@]2(C2CCCC2)C1. The maximum Gasteiger partial charge on any atom is 0.257 e. The van der Waals surface area contributed by atoms with Crippen LogP contribution in [-0.4, -0.2) is 46.3 Å². The predicted molar refractivity (Wildman–Crippen MR) is 105 cm³/mol. The number of thioether (sulfide) groups is 1. The first-order valence-corrected chi connectivity index (χ1v) is 10.2. The first kappa shape index (κ1) is 17.4. The van der Waals surface area contributed by atoms with E-state index in [9.17, 15) is 4.79 Å². The smallest absolute Gasteiger partial charge is 0.257 e. The van der Waals surface area contributed by atoms with Crippen LogP contribution in [0.5, 0.6) is 0 Å². The molecule has 0 bridgehead atoms. The van der Waals surface area contributed by atoms with Crippen LogP contribution in [0.1, 0.15) is 36.0 Å². The summed E-state index contributed by atoms with van der Waals surface area (Å²) in [5.41, 5.74) is 6.21. The number of fused-ring (bicyclic) bond motifs is 1. The lowest BCUT2D eigenvalue weighted by molar-refractivity contribution is 0.0977. The monoisotopic (exact) mass is 371 g/mol. The van der Waals surface area contributed by atoms with Crippen LogP contribution in [0.15, 0.2) is 35.3 Å². The molecule has 1 aromatic carbocycles. The minimum absolute atomic E-state index is 0.113. The van der Waals surface area contributed by atoms with E-state index in [-0.39, 0.29) is 17.4 Å². The summed E-state index contributed by atoms with van der Waals surface area (Å²) in [7, 11) is 0. The Kier molecular flexibility index (Phi) is 4.65. The molecule has 1 aromatic rings. The van der Waals surface area contributed by atoms with Gasteiger partial charge in [-0.1, -0.05) is 42.8 Å². The second-order valence-corrected chi connectivity index (χ2v) is 8.49. The summed E-state index contributed by atoms with van der Waals surface area (Å²) in [6.45, 7) is 1.49. The van der Waals surface area contributed by atoms with Crippen molar-refractivity contribution in [1.29, 1.82) is 5.41 Å². The standard InChI is InChI=1S/C19H25N5OS/c20-17(21)24-10-15-11-26-18(22-16(25)13-6-2-1-3-7-13)23-19(15,12-24)14-8-4-5-9-14/h1-3,6-7,14-15H,4-5,8-12H2,(H3,20,21)(H,22,23,25)/t15-,19+/m0/s1. The Bertz CT molecular complexity index is 731. The van der Waals surface area contributed by atoms with Crippen LogP contribution >= 0.6 is 11.8 Å². The van der Waals surface area contributed by atoms with Crippen LogP contribution in [0.25, 0.3) is 0 Å². The molecular formula is C19H25N5OS. The fraction of sp³-hybridized carbons (Fsp3) is 0.526. The van der Waals surface area contributed by atoms with E-state index in [0.29, 0.717) is 29.1 Å². The molecule has 0 unspecified atom stereocenters. The average molecular weight is 372 g/mol. The third kappa shape index (κ3) is 3.09. The maximum atomic E-state index is 12.5. The van der Waals surface area contributed by atoms with Crippen molar-refractivity contribution in [1.82, 2.24) is 10.2 Å². The fourth-order valence-electron chi connectivity index (χ4n) is 4.63. The zero-order chi connectivity index (χ0) is 18.1. The molecule has 2 fully saturated rings. The van der Waals surface area contributed by atoms with Crippen molar-refractivity contribution in [2.24, 2.45) is 22.6 Å². The number of guanidine groups is 1. The zero-order valence-corrected chi connectivity index (χ0v) is 15.6. The molecular weight excluding hydrogens is 346 g/mol. The van der Waals surface area contributed by atoms with Crippen molar-refractivity contribution >= 4 is 28.8 Å². The van der Waals surface area contributed by atoms with Crippen LogP contribution in [0.2, 0.25) is 0 Å². The fourth-order valence-corrected chi connectivity index (χ4v) is 5.79. The lowest BCUT2D eigenvalue weighted by Crippen LogP contribution is -2.49. The number of carbonyl (C=O) groups is 1. The van der Waals surface area contributed by atoms with Crippen molar-refractivity contribution in [3.05, 3.63) is 35.9 Å². The lowest BCUT2D eigenvalue weighted by atomic mass is 9.76. The number of amides is 1. The van der Waals surface area contributed by atoms with E-state index in [1.54, 1.807) is 11.8 Å². The van der Waals surface area contributed by atoms with Crippen molar-refractivity contribution in [3.63, 3.8) is 0 Å². The minimum atomic E-state index is -0.216. The van der Waals surface area contributed by atoms with Gasteiger partial charge in [0.05, 0.1) is 5.54 Å². The summed E-state index contributed by atoms with van der Waals surface area (Å²) >= 11 is 1.61. The highest BCUT2D eigenvalue weighted by Crippen LogP contribution is 2.48. The van der Waals surface area contributed by atoms with Crippen molar-refractivity contribution in [2.45, 2.75) is 31.2 Å². The van der Waals surface area contributed by atoms with Gasteiger partial charge in [0.2, 0.25) is 0 Å². The van der Waals surface area contributed by atoms with Gasteiger partial charge in [0.15, 0.2) is 11.1 Å². The molecule has 138 valence electrons. The molecule has 4 rings (SSSR count). The first-order chi connectivity index (χ1) is 12.6. The van der Waals surface area contributed by atoms with Gasteiger partial charge >= 0.3 is 0 Å². The Morgan fingerprint density at radius 3 is 2.69 bits per heavy atom. The van der Waals surface area contributed by atoms with Gasteiger partial charge in [-0.05, 0) is 30.9 Å². The van der Waals surface area contributed by atoms with Crippen molar-refractivity contribution in [2.75, 3.05) is 18.8 Å². The molecule has 0 radical (unpaired) electrons. The van der Waals surface area contributed by atoms with Gasteiger partial charge in [-0.15, -0.1) is 0 Å². The second kappa shape index (κ2) is 6.95. The van der Waals surface area contributed by atoms with Crippen molar-refractivity contribution in [3.8, 4) is 0 Å². The van der Waals surface area contributed by atoms with E-state index >= 15 is 0 Å². The molecule has 2 aliphatic heterocycles. The van der Waals surface area contributed by atoms with E-state index in [2.05, 4.69) is 5.32 Å². The number of rotatable bonds is 2. The summed E-state index contributed by atoms with van der Waals surface area (Å²) in [4.78, 5) is 19.6. The second-order valence-electron chi connectivity index (χ2n) is 7.48. The number of amidine groups is 1. The minimum Gasteiger partial charge on any atom is -0.370 e. The van der Waals surface area contributed by atoms with Crippen LogP contribution in [0, 0.1) is 17.2 Å². The normalized spacial score (nSPS) is 28.5. The quantitative estimate of drug-likeness (QED) is 0.549. The number of nitrogens with zero attached hydrogens (tertiary/aromatic N) is 2. The number of nitrogens with two attached hydrogens (primary N) is 1. The molecule has 2 heterocycles. The van der Waals surface area contributed by atoms with Gasteiger partial charge in [0.25, 0.3) is 5.91 Å². The highest BCUT2D eigenvalue weighted by molar-refractivity contribution is 8.13. The van der Waals surface area contributed by atoms with Gasteiger partial charge in [-0.2, -0.15) is 0 Å². The van der Waals surface area contributed by atoms with Crippen LogP contribution < -0.4 is 11.1 Å². The molecule has 3 aliphatic rings. The van der Waals surface area contributed by atoms with Gasteiger partial charge in [-0.25, -0.2) is 0 Å². The molecule has 1 saturated carbocycles. The Morgan fingerprint density at radius 1 is 1.27 bits per heavy atom. The molecule has 4 N–H and O–H groups in total. The summed E-state index contributed by atoms with van der Waals surface area (Å²) in [6.07, 6.45) is 4.84. The molecule has 0 aromatic heterocycles. The Balaban J connectivity index is 1.60. The number of hydrogen-bond acceptors (Lipinski definition) is 4. The highest BCUT2D eigenvalue weighted by Gasteiger charge is 2.54. The third-order valence-corrected chi connectivity index (χ3v) is 7.02. The summed E-state index contributed by atoms with van der Waals surface area (Å²) in [6, 6.07) is 9.25. The van der Waals surface area contributed by atoms with E-state index in [4.69, 9.17) is 16.1 Å². The van der Waals surface area contributed by atoms with E-state index in [0.717, 1.165) is 12.3 Å². The molecule has 1 amide bonds. The van der Waals surface area contributed by atoms with Gasteiger partial charge in [0.1, 0.15) is 0 Å². The maximum absolute atomic E-state index is 12.5. The molecule has 1 aliphatic carbocycles. The Labute approximate surface area is 158 Å². The number of hydrogen-bond donors (Lipinski definition) is 3. The molecule has 26 heavy (non-hydrogen) atoms. The number of likely N-dealkylation sites (tertiary alicyclic amines) is 1. The largest absolute Gasteiger partial charge is 0.370 e. The van der Waals surface area contributed by atoms with Crippen LogP contribution in [0.4, 0.5) is 0 Å². The predicted octanol–water partition coefficient (Wildman–Crippen LogP) is 2.27. The summed E-state index contributed by atoms with van der Waals surface area (Å²) in [5, 5.41) is 11.6. The Morgan fingerprint density at radius 2 is 2.00 bits per heavy atom. The average Bonchev–Trinajstić information content (AvgIpc) is 3.30. The lowest BCUT2D eigenvalue weighted by Gasteiger charge is -2.39. The summed E-state index contributed by atoms with van der Waals surface area (Å²) in [5.74, 6) is 1.83. The first-order valence-electron chi connectivity index (χ1n) is 9.26. The van der Waals surface area contributed by atoms with Crippen molar-refractivity contribution < 1.29 is 4.79 Å². The molecule has 6 nitrogen and oxygen atoms in total. The number of aliphatic imine (C=N–C) groups is 1. The molecule has 7 heteroatoms. The van der Waals surface area contributed by atoms with E-state index in [1.165, 1.54) is 25.7 Å². The third-order valence-electron chi connectivity index (χ3n) is 5.98. The molecule has 0 spiro atoms. The molecule has 1 saturated heterocycles. The molecule has 2 atom stereocenters. The summed E-state index contributed by atoms with van der Waals surface area (Å²) < 4.78 is 0. The zero-order valence-electron chi connectivity index (χ0n) is 14.8. The van der Waals surface area contributed by atoms with Crippen LogP contribution in [-0.2, 0) is 0 Å². The van der Waals surface area contributed by atoms with Gasteiger partial charge < -0.3 is 16.0 Å². The number of benzene rings is 1. The van der Waals surface area contributed by atoms with Gasteiger partial charge in [-0.3, -0.25) is 15.2 Å². The van der Waals surface area contributed by atoms with E-state index < -0.39 is 0 Å². The van der Waals surface area contributed by atoms with Crippen LogP contribution in [0.3, 0.4) is 0 Å². The van der Waals surface area contributed by atoms with E-state index in [1.807, 2.05) is 35.2 Å². The Hall–Kier alpha value is -2.02. The highest BCUT2D eigenvalue weighted by atomic mass is 32.2. The number of carbonyl (C=O) groups excluding carboxylic acids is 1. The number of nitrogens with one attached hydrogen (secondary N) is 2.